The highest BCUT2D eigenvalue weighted by atomic mass is 32.2. The second-order valence-corrected chi connectivity index (χ2v) is 6.82. The third kappa shape index (κ3) is 4.84. The van der Waals surface area contributed by atoms with Crippen molar-refractivity contribution in [2.45, 2.75) is 25.3 Å². The van der Waals surface area contributed by atoms with E-state index in [1.807, 2.05) is 0 Å². The Bertz CT molecular complexity index is 449. The summed E-state index contributed by atoms with van der Waals surface area (Å²) in [6.45, 7) is 0.811. The van der Waals surface area contributed by atoms with Crippen molar-refractivity contribution in [3.63, 3.8) is 0 Å². The third-order valence-corrected chi connectivity index (χ3v) is 4.81. The highest BCUT2D eigenvalue weighted by Crippen LogP contribution is 2.30. The van der Waals surface area contributed by atoms with Gasteiger partial charge in [0.15, 0.2) is 5.13 Å². The van der Waals surface area contributed by atoms with E-state index in [0.717, 1.165) is 35.9 Å². The van der Waals surface area contributed by atoms with Crippen LogP contribution in [0.25, 0.3) is 0 Å². The molecule has 1 saturated carbocycles. The Morgan fingerprint density at radius 2 is 2.30 bits per heavy atom. The molecule has 1 aliphatic carbocycles. The number of nitrogens with two attached hydrogens (primary N) is 1. The highest BCUT2D eigenvalue weighted by Gasteiger charge is 2.24. The van der Waals surface area contributed by atoms with E-state index >= 15 is 0 Å². The molecule has 0 unspecified atom stereocenters. The number of thiazole rings is 1. The molecule has 0 aliphatic heterocycles. The Kier molecular flexibility index (Phi) is 5.93. The molecular weight excluding hydrogens is 296 g/mol. The molecule has 1 amide bonds. The van der Waals surface area contributed by atoms with Crippen molar-refractivity contribution in [2.75, 3.05) is 35.7 Å². The Labute approximate surface area is 126 Å². The van der Waals surface area contributed by atoms with E-state index in [4.69, 9.17) is 10.8 Å². The molecule has 0 atom stereocenters. The zero-order chi connectivity index (χ0) is 14.4. The summed E-state index contributed by atoms with van der Waals surface area (Å²) >= 11 is 3.02. The second kappa shape index (κ2) is 7.70. The summed E-state index contributed by atoms with van der Waals surface area (Å²) in [5, 5.41) is 15.5. The number of hydrogen-bond donors (Lipinski definition) is 4. The number of amides is 1. The van der Waals surface area contributed by atoms with Crippen molar-refractivity contribution < 1.29 is 9.90 Å². The summed E-state index contributed by atoms with van der Waals surface area (Å²) in [6.07, 6.45) is 3.11. The van der Waals surface area contributed by atoms with Gasteiger partial charge in [0.25, 0.3) is 5.91 Å². The summed E-state index contributed by atoms with van der Waals surface area (Å²) < 4.78 is 0. The fraction of sp³-hybridized carbons (Fsp3) is 0.667. The van der Waals surface area contributed by atoms with Gasteiger partial charge in [0.2, 0.25) is 0 Å². The number of anilines is 2. The molecule has 8 heteroatoms. The fourth-order valence-corrected chi connectivity index (χ4v) is 3.21. The fourth-order valence-electron chi connectivity index (χ4n) is 1.54. The van der Waals surface area contributed by atoms with Crippen molar-refractivity contribution in [3.05, 3.63) is 4.88 Å². The molecule has 1 aromatic rings. The average molecular weight is 316 g/mol. The smallest absolute Gasteiger partial charge is 0.265 e. The van der Waals surface area contributed by atoms with Gasteiger partial charge in [0, 0.05) is 24.9 Å². The normalized spacial score (nSPS) is 14.2. The van der Waals surface area contributed by atoms with Crippen LogP contribution < -0.4 is 16.4 Å². The lowest BCUT2D eigenvalue weighted by Crippen LogP contribution is -2.25. The molecule has 5 N–H and O–H groups in total. The van der Waals surface area contributed by atoms with Crippen LogP contribution >= 0.6 is 23.1 Å². The summed E-state index contributed by atoms with van der Waals surface area (Å²) in [5.74, 6) is 1.87. The van der Waals surface area contributed by atoms with Gasteiger partial charge in [-0.3, -0.25) is 4.79 Å². The van der Waals surface area contributed by atoms with Crippen LogP contribution in [0.2, 0.25) is 0 Å². The lowest BCUT2D eigenvalue weighted by molar-refractivity contribution is 0.0961. The minimum atomic E-state index is -0.161. The first-order valence-corrected chi connectivity index (χ1v) is 8.67. The molecule has 20 heavy (non-hydrogen) atoms. The Morgan fingerprint density at radius 3 is 3.00 bits per heavy atom. The quantitative estimate of drug-likeness (QED) is 0.510. The predicted molar refractivity (Wildman–Crippen MR) is 84.5 cm³/mol. The largest absolute Gasteiger partial charge is 0.396 e. The molecule has 1 fully saturated rings. The summed E-state index contributed by atoms with van der Waals surface area (Å²) in [7, 11) is 0. The molecule has 1 heterocycles. The van der Waals surface area contributed by atoms with E-state index < -0.39 is 0 Å². The predicted octanol–water partition coefficient (Wildman–Crippen LogP) is 1.14. The maximum atomic E-state index is 12.0. The highest BCUT2D eigenvalue weighted by molar-refractivity contribution is 7.99. The Morgan fingerprint density at radius 1 is 1.50 bits per heavy atom. The minimum Gasteiger partial charge on any atom is -0.396 e. The molecule has 0 aromatic carbocycles. The van der Waals surface area contributed by atoms with Gasteiger partial charge in [-0.15, -0.1) is 0 Å². The third-order valence-electron chi connectivity index (χ3n) is 2.74. The number of hydrogen-bond acceptors (Lipinski definition) is 7. The van der Waals surface area contributed by atoms with Crippen molar-refractivity contribution in [3.8, 4) is 0 Å². The van der Waals surface area contributed by atoms with Crippen LogP contribution in [0.1, 0.15) is 28.9 Å². The van der Waals surface area contributed by atoms with Crippen molar-refractivity contribution >= 4 is 40.0 Å². The topological polar surface area (TPSA) is 100 Å². The molecule has 1 aromatic heterocycles. The lowest BCUT2D eigenvalue weighted by Gasteiger charge is -2.03. The monoisotopic (exact) mass is 316 g/mol. The standard InChI is InChI=1S/C12H20N4O2S2/c13-10-9(20-12(16-10)15-8-2-3-8)11(18)14-4-7-19-6-1-5-17/h8,17H,1-7,13H2,(H,14,18)(H,15,16). The van der Waals surface area contributed by atoms with Gasteiger partial charge in [-0.1, -0.05) is 11.3 Å². The number of carbonyl (C=O) groups excluding carboxylic acids is 1. The van der Waals surface area contributed by atoms with Crippen LogP contribution in [0.5, 0.6) is 0 Å². The number of carbonyl (C=O) groups is 1. The number of rotatable bonds is 9. The number of aliphatic hydroxyl groups excluding tert-OH is 1. The van der Waals surface area contributed by atoms with Gasteiger partial charge in [0.1, 0.15) is 10.7 Å². The molecule has 6 nitrogen and oxygen atoms in total. The first-order chi connectivity index (χ1) is 9.70. The SMILES string of the molecule is Nc1nc(NC2CC2)sc1C(=O)NCCSCCCO. The van der Waals surface area contributed by atoms with Gasteiger partial charge < -0.3 is 21.5 Å². The van der Waals surface area contributed by atoms with Crippen LogP contribution in [-0.2, 0) is 0 Å². The van der Waals surface area contributed by atoms with Gasteiger partial charge in [-0.05, 0) is 25.0 Å². The molecule has 0 radical (unpaired) electrons. The van der Waals surface area contributed by atoms with E-state index in [9.17, 15) is 4.79 Å². The van der Waals surface area contributed by atoms with Crippen molar-refractivity contribution in [1.29, 1.82) is 0 Å². The van der Waals surface area contributed by atoms with Crippen LogP contribution in [0.15, 0.2) is 0 Å². The minimum absolute atomic E-state index is 0.161. The maximum absolute atomic E-state index is 12.0. The van der Waals surface area contributed by atoms with Crippen LogP contribution in [0.4, 0.5) is 10.9 Å². The number of nitrogens with zero attached hydrogens (tertiary/aromatic N) is 1. The van der Waals surface area contributed by atoms with Gasteiger partial charge in [-0.25, -0.2) is 4.98 Å². The van der Waals surface area contributed by atoms with Crippen LogP contribution in [-0.4, -0.2) is 46.7 Å². The lowest BCUT2D eigenvalue weighted by atomic mass is 10.4. The van der Waals surface area contributed by atoms with E-state index in [1.165, 1.54) is 11.3 Å². The summed E-state index contributed by atoms with van der Waals surface area (Å²) in [5.41, 5.74) is 5.77. The Balaban J connectivity index is 1.72. The second-order valence-electron chi connectivity index (χ2n) is 4.60. The number of aromatic nitrogens is 1. The first kappa shape index (κ1) is 15.4. The average Bonchev–Trinajstić information content (AvgIpc) is 3.15. The van der Waals surface area contributed by atoms with Crippen LogP contribution in [0.3, 0.4) is 0 Å². The summed E-state index contributed by atoms with van der Waals surface area (Å²) in [6, 6.07) is 0.499. The van der Waals surface area contributed by atoms with E-state index in [1.54, 1.807) is 11.8 Å². The van der Waals surface area contributed by atoms with Gasteiger partial charge in [-0.2, -0.15) is 11.8 Å². The van der Waals surface area contributed by atoms with E-state index in [-0.39, 0.29) is 12.5 Å². The van der Waals surface area contributed by atoms with E-state index in [2.05, 4.69) is 15.6 Å². The zero-order valence-corrected chi connectivity index (χ0v) is 12.9. The number of nitrogens with one attached hydrogen (secondary N) is 2. The maximum Gasteiger partial charge on any atom is 0.265 e. The molecule has 0 spiro atoms. The van der Waals surface area contributed by atoms with Crippen molar-refractivity contribution in [2.24, 2.45) is 0 Å². The molecule has 112 valence electrons. The molecular formula is C12H20N4O2S2. The Hall–Kier alpha value is -0.990. The number of aliphatic hydroxyl groups is 1. The van der Waals surface area contributed by atoms with E-state index in [0.29, 0.717) is 23.3 Å². The number of thioether (sulfide) groups is 1. The van der Waals surface area contributed by atoms with Crippen molar-refractivity contribution in [1.82, 2.24) is 10.3 Å². The summed E-state index contributed by atoms with van der Waals surface area (Å²) in [4.78, 5) is 16.6. The molecule has 2 rings (SSSR count). The van der Waals surface area contributed by atoms with Gasteiger partial charge >= 0.3 is 0 Å². The molecule has 0 bridgehead atoms. The number of nitrogen functional groups attached to an aromatic ring is 1. The van der Waals surface area contributed by atoms with Crippen LogP contribution in [0, 0.1) is 0 Å². The zero-order valence-electron chi connectivity index (χ0n) is 11.2. The van der Waals surface area contributed by atoms with Gasteiger partial charge in [0.05, 0.1) is 0 Å². The molecule has 0 saturated heterocycles. The first-order valence-electron chi connectivity index (χ1n) is 6.70. The molecule has 1 aliphatic rings.